The first kappa shape index (κ1) is 17.4. The van der Waals surface area contributed by atoms with Gasteiger partial charge in [-0.15, -0.1) is 0 Å². The van der Waals surface area contributed by atoms with Crippen molar-refractivity contribution in [2.24, 2.45) is 0 Å². The summed E-state index contributed by atoms with van der Waals surface area (Å²) in [7, 11) is 1.78. The standard InChI is InChI=1S/C19H23N3O3/c1-22(19(23)21-13-16-14-24-11-12-25-16)18(15-7-3-2-4-8-15)17-9-5-6-10-20-17/h2-10,16,18H,11-14H2,1H3,(H,21,23)/t16-,18-/m1/s1. The van der Waals surface area contributed by atoms with E-state index >= 15 is 0 Å². The van der Waals surface area contributed by atoms with Gasteiger partial charge in [0.2, 0.25) is 0 Å². The maximum absolute atomic E-state index is 12.7. The largest absolute Gasteiger partial charge is 0.376 e. The predicted octanol–water partition coefficient (Wildman–Crippen LogP) is 2.23. The van der Waals surface area contributed by atoms with Gasteiger partial charge in [-0.25, -0.2) is 4.79 Å². The van der Waals surface area contributed by atoms with E-state index in [4.69, 9.17) is 9.47 Å². The zero-order valence-electron chi connectivity index (χ0n) is 14.3. The Morgan fingerprint density at radius 2 is 2.04 bits per heavy atom. The van der Waals surface area contributed by atoms with E-state index in [9.17, 15) is 4.79 Å². The lowest BCUT2D eigenvalue weighted by Gasteiger charge is -2.30. The Kier molecular flexibility index (Phi) is 5.98. The fourth-order valence-electron chi connectivity index (χ4n) is 2.86. The second kappa shape index (κ2) is 8.60. The number of urea groups is 1. The molecule has 0 radical (unpaired) electrons. The van der Waals surface area contributed by atoms with Crippen molar-refractivity contribution in [2.45, 2.75) is 12.1 Å². The summed E-state index contributed by atoms with van der Waals surface area (Å²) in [5.41, 5.74) is 1.83. The van der Waals surface area contributed by atoms with E-state index in [1.807, 2.05) is 48.5 Å². The van der Waals surface area contributed by atoms with Crippen molar-refractivity contribution in [1.29, 1.82) is 0 Å². The maximum Gasteiger partial charge on any atom is 0.318 e. The van der Waals surface area contributed by atoms with Crippen molar-refractivity contribution in [3.63, 3.8) is 0 Å². The Morgan fingerprint density at radius 1 is 1.24 bits per heavy atom. The van der Waals surface area contributed by atoms with Gasteiger partial charge in [-0.3, -0.25) is 4.98 Å². The molecular weight excluding hydrogens is 318 g/mol. The summed E-state index contributed by atoms with van der Waals surface area (Å²) in [4.78, 5) is 18.8. The number of amides is 2. The molecule has 6 heteroatoms. The summed E-state index contributed by atoms with van der Waals surface area (Å²) in [5, 5.41) is 2.93. The lowest BCUT2D eigenvalue weighted by molar-refractivity contribution is -0.0856. The number of ether oxygens (including phenoxy) is 2. The molecule has 1 aromatic heterocycles. The monoisotopic (exact) mass is 341 g/mol. The molecule has 132 valence electrons. The normalized spacial score (nSPS) is 18.4. The van der Waals surface area contributed by atoms with E-state index < -0.39 is 0 Å². The van der Waals surface area contributed by atoms with Crippen molar-refractivity contribution < 1.29 is 14.3 Å². The average Bonchev–Trinajstić information content (AvgIpc) is 2.69. The Balaban J connectivity index is 1.72. The van der Waals surface area contributed by atoms with Gasteiger partial charge < -0.3 is 19.7 Å². The van der Waals surface area contributed by atoms with Crippen molar-refractivity contribution in [3.8, 4) is 0 Å². The quantitative estimate of drug-likeness (QED) is 0.906. The molecule has 2 atom stereocenters. The number of nitrogens with one attached hydrogen (secondary N) is 1. The minimum absolute atomic E-state index is 0.101. The van der Waals surface area contributed by atoms with E-state index in [1.165, 1.54) is 0 Å². The van der Waals surface area contributed by atoms with E-state index in [0.717, 1.165) is 11.3 Å². The van der Waals surface area contributed by atoms with Gasteiger partial charge in [0.25, 0.3) is 0 Å². The number of carbonyl (C=O) groups is 1. The molecule has 25 heavy (non-hydrogen) atoms. The van der Waals surface area contributed by atoms with Crippen LogP contribution in [0, 0.1) is 0 Å². The van der Waals surface area contributed by atoms with Crippen LogP contribution in [0.3, 0.4) is 0 Å². The molecular formula is C19H23N3O3. The molecule has 3 rings (SSSR count). The Morgan fingerprint density at radius 3 is 2.72 bits per heavy atom. The molecule has 0 unspecified atom stereocenters. The van der Waals surface area contributed by atoms with Crippen LogP contribution in [-0.2, 0) is 9.47 Å². The molecule has 0 aliphatic carbocycles. The molecule has 1 N–H and O–H groups in total. The number of carbonyl (C=O) groups excluding carboxylic acids is 1. The van der Waals surface area contributed by atoms with Crippen LogP contribution in [0.25, 0.3) is 0 Å². The highest BCUT2D eigenvalue weighted by atomic mass is 16.6. The van der Waals surface area contributed by atoms with Crippen LogP contribution in [0.2, 0.25) is 0 Å². The molecule has 6 nitrogen and oxygen atoms in total. The Hall–Kier alpha value is -2.44. The lowest BCUT2D eigenvalue weighted by atomic mass is 10.0. The number of pyridine rings is 1. The second-order valence-electron chi connectivity index (χ2n) is 5.93. The van der Waals surface area contributed by atoms with Gasteiger partial charge in [0, 0.05) is 19.8 Å². The number of hydrogen-bond donors (Lipinski definition) is 1. The van der Waals surface area contributed by atoms with E-state index in [1.54, 1.807) is 18.1 Å². The third-order valence-corrected chi connectivity index (χ3v) is 4.16. The zero-order valence-corrected chi connectivity index (χ0v) is 14.3. The minimum Gasteiger partial charge on any atom is -0.376 e. The smallest absolute Gasteiger partial charge is 0.318 e. The van der Waals surface area contributed by atoms with Crippen LogP contribution in [0.5, 0.6) is 0 Å². The summed E-state index contributed by atoms with van der Waals surface area (Å²) < 4.78 is 10.9. The number of hydrogen-bond acceptors (Lipinski definition) is 4. The van der Waals surface area contributed by atoms with Crippen LogP contribution >= 0.6 is 0 Å². The van der Waals surface area contributed by atoms with Crippen LogP contribution in [-0.4, -0.2) is 55.4 Å². The van der Waals surface area contributed by atoms with Gasteiger partial charge in [0.1, 0.15) is 6.04 Å². The van der Waals surface area contributed by atoms with Gasteiger partial charge in [0.05, 0.1) is 31.6 Å². The van der Waals surface area contributed by atoms with Crippen molar-refractivity contribution in [2.75, 3.05) is 33.4 Å². The first-order chi connectivity index (χ1) is 12.3. The SMILES string of the molecule is CN(C(=O)NC[C@@H]1COCCO1)[C@H](c1ccccc1)c1ccccn1. The fraction of sp³-hybridized carbons (Fsp3) is 0.368. The first-order valence-electron chi connectivity index (χ1n) is 8.41. The molecule has 1 aliphatic heterocycles. The molecule has 1 aliphatic rings. The minimum atomic E-state index is -0.258. The highest BCUT2D eigenvalue weighted by Crippen LogP contribution is 2.25. The Labute approximate surface area is 147 Å². The summed E-state index contributed by atoms with van der Waals surface area (Å²) in [6.07, 6.45) is 1.64. The van der Waals surface area contributed by atoms with Gasteiger partial charge in [0.15, 0.2) is 0 Å². The summed E-state index contributed by atoms with van der Waals surface area (Å²) in [6.45, 7) is 2.11. The predicted molar refractivity (Wildman–Crippen MR) is 94.2 cm³/mol. The third-order valence-electron chi connectivity index (χ3n) is 4.16. The molecule has 0 bridgehead atoms. The van der Waals surface area contributed by atoms with Gasteiger partial charge >= 0.3 is 6.03 Å². The number of rotatable bonds is 5. The van der Waals surface area contributed by atoms with Crippen molar-refractivity contribution in [3.05, 3.63) is 66.0 Å². The zero-order chi connectivity index (χ0) is 17.5. The molecule has 1 fully saturated rings. The molecule has 2 heterocycles. The van der Waals surface area contributed by atoms with Crippen LogP contribution in [0.1, 0.15) is 17.3 Å². The lowest BCUT2D eigenvalue weighted by Crippen LogP contribution is -2.45. The van der Waals surface area contributed by atoms with Gasteiger partial charge in [-0.05, 0) is 17.7 Å². The first-order valence-corrected chi connectivity index (χ1v) is 8.41. The number of nitrogens with zero attached hydrogens (tertiary/aromatic N) is 2. The third kappa shape index (κ3) is 4.55. The van der Waals surface area contributed by atoms with Crippen molar-refractivity contribution >= 4 is 6.03 Å². The molecule has 1 aromatic carbocycles. The van der Waals surface area contributed by atoms with E-state index in [-0.39, 0.29) is 18.2 Å². The summed E-state index contributed by atoms with van der Waals surface area (Å²) in [6, 6.07) is 15.2. The second-order valence-corrected chi connectivity index (χ2v) is 5.93. The van der Waals surface area contributed by atoms with E-state index in [0.29, 0.717) is 26.4 Å². The van der Waals surface area contributed by atoms with Gasteiger partial charge in [-0.1, -0.05) is 36.4 Å². The fourth-order valence-corrected chi connectivity index (χ4v) is 2.86. The molecule has 1 saturated heterocycles. The van der Waals surface area contributed by atoms with Crippen LogP contribution in [0.4, 0.5) is 4.79 Å². The number of benzene rings is 1. The average molecular weight is 341 g/mol. The molecule has 2 amide bonds. The summed E-state index contributed by atoms with van der Waals surface area (Å²) in [5.74, 6) is 0. The van der Waals surface area contributed by atoms with Crippen molar-refractivity contribution in [1.82, 2.24) is 15.2 Å². The Bertz CT molecular complexity index is 621. The highest BCUT2D eigenvalue weighted by Gasteiger charge is 2.25. The molecule has 0 spiro atoms. The van der Waals surface area contributed by atoms with Crippen LogP contribution in [0.15, 0.2) is 54.7 Å². The topological polar surface area (TPSA) is 63.7 Å². The molecule has 0 saturated carbocycles. The number of aromatic nitrogens is 1. The van der Waals surface area contributed by atoms with Gasteiger partial charge in [-0.2, -0.15) is 0 Å². The van der Waals surface area contributed by atoms with Crippen LogP contribution < -0.4 is 5.32 Å². The summed E-state index contributed by atoms with van der Waals surface area (Å²) >= 11 is 0. The van der Waals surface area contributed by atoms with E-state index in [2.05, 4.69) is 10.3 Å². The maximum atomic E-state index is 12.7. The molecule has 2 aromatic rings. The highest BCUT2D eigenvalue weighted by molar-refractivity contribution is 5.75.